The fourth-order valence-corrected chi connectivity index (χ4v) is 9.03. The third-order valence-corrected chi connectivity index (χ3v) is 13.5. The second kappa shape index (κ2) is 39.1. The summed E-state index contributed by atoms with van der Waals surface area (Å²) in [5.74, 6) is -1.83. The molecular formula is C52H81N3O16P2. The van der Waals surface area contributed by atoms with Crippen LogP contribution in [0.3, 0.4) is 0 Å². The Balaban J connectivity index is 1.87. The van der Waals surface area contributed by atoms with Crippen LogP contribution in [0.15, 0.2) is 102 Å². The minimum absolute atomic E-state index is 0.0101. The number of unbranched alkanes of at least 4 members (excludes halogenated alkanes) is 10. The number of anilines is 1. The number of hydrogen-bond acceptors (Lipinski definition) is 16. The number of nitrogens with two attached hydrogens (primary N) is 1. The van der Waals surface area contributed by atoms with Gasteiger partial charge in [-0.3, -0.25) is 28.0 Å². The molecule has 1 saturated heterocycles. The van der Waals surface area contributed by atoms with Crippen molar-refractivity contribution in [1.82, 2.24) is 9.55 Å². The van der Waals surface area contributed by atoms with Gasteiger partial charge in [0.05, 0.1) is 13.2 Å². The minimum atomic E-state index is -5.49. The molecule has 0 aromatic carbocycles. The van der Waals surface area contributed by atoms with E-state index in [1.165, 1.54) is 50.7 Å². The summed E-state index contributed by atoms with van der Waals surface area (Å²) in [4.78, 5) is 74.3. The number of ether oxygens (including phenoxy) is 3. The Hall–Kier alpha value is -4.39. The number of nitrogens with zero attached hydrogens (tertiary/aromatic N) is 2. The van der Waals surface area contributed by atoms with Gasteiger partial charge in [0.2, 0.25) is 0 Å². The highest BCUT2D eigenvalue weighted by molar-refractivity contribution is 7.61. The molecule has 21 heteroatoms. The highest BCUT2D eigenvalue weighted by Crippen LogP contribution is 2.60. The van der Waals surface area contributed by atoms with Crippen molar-refractivity contribution in [3.8, 4) is 0 Å². The molecule has 1 aliphatic rings. The maximum Gasteiger partial charge on any atom is 0.481 e. The minimum Gasteiger partial charge on any atom is -0.462 e. The van der Waals surface area contributed by atoms with Crippen LogP contribution in [0.4, 0.5) is 5.82 Å². The number of esters is 2. The molecule has 73 heavy (non-hydrogen) atoms. The first-order valence-electron chi connectivity index (χ1n) is 25.6. The van der Waals surface area contributed by atoms with Crippen LogP contribution in [0.1, 0.15) is 155 Å². The van der Waals surface area contributed by atoms with Crippen LogP contribution in [0.2, 0.25) is 0 Å². The Bertz CT molecular complexity index is 2120. The summed E-state index contributed by atoms with van der Waals surface area (Å²) in [6.07, 6.45) is 38.1. The molecule has 0 aliphatic carbocycles. The van der Waals surface area contributed by atoms with Gasteiger partial charge < -0.3 is 39.9 Å². The number of carbonyl (C=O) groups excluding carboxylic acids is 3. The first kappa shape index (κ1) is 64.7. The lowest BCUT2D eigenvalue weighted by molar-refractivity contribution is -0.161. The number of aromatic nitrogens is 2. The van der Waals surface area contributed by atoms with E-state index in [0.717, 1.165) is 68.6 Å². The van der Waals surface area contributed by atoms with E-state index in [9.17, 15) is 48.3 Å². The zero-order valence-corrected chi connectivity index (χ0v) is 44.4. The lowest BCUT2D eigenvalue weighted by Gasteiger charge is -2.21. The van der Waals surface area contributed by atoms with Gasteiger partial charge in [-0.05, 0) is 89.2 Å². The Kier molecular flexibility index (Phi) is 34.7. The van der Waals surface area contributed by atoms with Crippen molar-refractivity contribution in [3.05, 3.63) is 108 Å². The van der Waals surface area contributed by atoms with Crippen LogP contribution in [0.5, 0.6) is 0 Å². The molecule has 7 atom stereocenters. The molecular weight excluding hydrogens is 985 g/mol. The third-order valence-electron chi connectivity index (χ3n) is 10.9. The molecule has 0 saturated carbocycles. The average molecular weight is 1070 g/mol. The van der Waals surface area contributed by atoms with Crippen LogP contribution in [0, 0.1) is 0 Å². The topological polar surface area (TPSA) is 283 Å². The highest BCUT2D eigenvalue weighted by atomic mass is 31.3. The molecule has 1 aromatic heterocycles. The number of aliphatic hydroxyl groups is 2. The maximum absolute atomic E-state index is 12.8. The van der Waals surface area contributed by atoms with E-state index in [4.69, 9.17) is 29.0 Å². The summed E-state index contributed by atoms with van der Waals surface area (Å²) in [5, 5.41) is 20.9. The molecule has 0 radical (unpaired) electrons. The Morgan fingerprint density at radius 3 is 1.85 bits per heavy atom. The van der Waals surface area contributed by atoms with Crippen LogP contribution >= 0.6 is 15.6 Å². The second-order valence-corrected chi connectivity index (χ2v) is 20.4. The monoisotopic (exact) mass is 1070 g/mol. The van der Waals surface area contributed by atoms with Crippen LogP contribution in [-0.2, 0) is 51.1 Å². The predicted octanol–water partition coefficient (Wildman–Crippen LogP) is 9.84. The molecule has 2 heterocycles. The number of hydrogen-bond donors (Lipinski definition) is 5. The Morgan fingerprint density at radius 1 is 0.699 bits per heavy atom. The number of phosphoric ester groups is 2. The SMILES string of the molecule is CCCCC/C=C\C/C=C\C/C=C\C=C\C(=O)CCCC(=O)O[C@H](COC(=O)CCCCCC/C=C\C/C=C\C/C=C\CCCCC)COP(=O)(O)OP(=O)(O)OC[C@H]1O[C@@H](n2ccc(N)nc2=O)[C@H](O)[C@@H]1O. The summed E-state index contributed by atoms with van der Waals surface area (Å²) in [5.41, 5.74) is 4.56. The molecule has 6 N–H and O–H groups in total. The standard InChI is InChI=1S/C52H81N3O16P2/c1-3-5-7-9-11-13-15-17-18-19-20-22-24-26-28-30-32-36-47(57)66-40-44(69-48(58)37-33-35-43(56)34-31-29-27-25-23-21-16-14-12-10-8-6-4-2)41-67-72(62,63)71-73(64,65)68-42-45-49(59)50(60)51(70-45)55-39-38-46(53)54-52(55)61/h11-14,17-18,20-23,27,29,31,34,38-39,44-45,49-51,59-60H,3-10,15-16,19,24-26,28,30,32-33,35-37,40-42H2,1-2H3,(H,62,63)(H,64,65)(H2,53,54,61)/b13-11-,14-12-,18-17-,22-20-,23-21-,29-27-,34-31+/t44-,45-,49-,50-,51-/m1/s1. The van der Waals surface area contributed by atoms with Gasteiger partial charge in [-0.1, -0.05) is 131 Å². The number of carbonyl (C=O) groups is 3. The van der Waals surface area contributed by atoms with Gasteiger partial charge in [-0.15, -0.1) is 0 Å². The highest BCUT2D eigenvalue weighted by Gasteiger charge is 2.46. The van der Waals surface area contributed by atoms with Crippen molar-refractivity contribution in [2.24, 2.45) is 0 Å². The number of ketones is 1. The largest absolute Gasteiger partial charge is 0.481 e. The van der Waals surface area contributed by atoms with Gasteiger partial charge in [0, 0.05) is 25.5 Å². The fraction of sp³-hybridized carbons (Fsp3) is 0.596. The van der Waals surface area contributed by atoms with Crippen LogP contribution in [0.25, 0.3) is 0 Å². The molecule has 0 bridgehead atoms. The van der Waals surface area contributed by atoms with Crippen molar-refractivity contribution in [1.29, 1.82) is 0 Å². The molecule has 0 amide bonds. The quantitative estimate of drug-likeness (QED) is 0.0102. The predicted molar refractivity (Wildman–Crippen MR) is 280 cm³/mol. The molecule has 410 valence electrons. The Morgan fingerprint density at radius 2 is 1.25 bits per heavy atom. The van der Waals surface area contributed by atoms with E-state index in [2.05, 4.69) is 77.8 Å². The number of nitrogen functional groups attached to an aromatic ring is 1. The van der Waals surface area contributed by atoms with Crippen LogP contribution < -0.4 is 11.4 Å². The first-order chi connectivity index (χ1) is 35.1. The zero-order chi connectivity index (χ0) is 53.6. The van der Waals surface area contributed by atoms with E-state index in [1.807, 2.05) is 12.2 Å². The molecule has 0 spiro atoms. The third kappa shape index (κ3) is 31.8. The van der Waals surface area contributed by atoms with Gasteiger partial charge >= 0.3 is 33.3 Å². The van der Waals surface area contributed by atoms with Crippen molar-refractivity contribution in [2.75, 3.05) is 25.6 Å². The Labute approximate surface area is 431 Å². The smallest absolute Gasteiger partial charge is 0.462 e. The van der Waals surface area contributed by atoms with Crippen molar-refractivity contribution < 1.29 is 71.1 Å². The van der Waals surface area contributed by atoms with Gasteiger partial charge in [0.1, 0.15) is 30.7 Å². The van der Waals surface area contributed by atoms with E-state index in [-0.39, 0.29) is 37.3 Å². The van der Waals surface area contributed by atoms with Crippen LogP contribution in [-0.4, -0.2) is 91.5 Å². The van der Waals surface area contributed by atoms with E-state index < -0.39 is 83.7 Å². The number of rotatable bonds is 41. The van der Waals surface area contributed by atoms with E-state index in [1.54, 1.807) is 12.2 Å². The van der Waals surface area contributed by atoms with Gasteiger partial charge in [0.25, 0.3) is 0 Å². The van der Waals surface area contributed by atoms with Crippen molar-refractivity contribution in [3.63, 3.8) is 0 Å². The van der Waals surface area contributed by atoms with Crippen molar-refractivity contribution in [2.45, 2.75) is 179 Å². The van der Waals surface area contributed by atoms with Gasteiger partial charge in [-0.25, -0.2) is 13.9 Å². The summed E-state index contributed by atoms with van der Waals surface area (Å²) in [6, 6.07) is 1.23. The van der Waals surface area contributed by atoms with E-state index in [0.29, 0.717) is 12.8 Å². The number of allylic oxidation sites excluding steroid dienone is 14. The normalized spacial score (nSPS) is 19.6. The molecule has 1 aromatic rings. The molecule has 2 rings (SSSR count). The van der Waals surface area contributed by atoms with Crippen molar-refractivity contribution >= 4 is 39.2 Å². The summed E-state index contributed by atoms with van der Waals surface area (Å²) < 4.78 is 56.5. The number of phosphoric acid groups is 2. The summed E-state index contributed by atoms with van der Waals surface area (Å²) in [6.45, 7) is 1.83. The maximum atomic E-state index is 12.8. The lowest BCUT2D eigenvalue weighted by atomic mass is 10.1. The summed E-state index contributed by atoms with van der Waals surface area (Å²) in [7, 11) is -11.0. The van der Waals surface area contributed by atoms with E-state index >= 15 is 0 Å². The average Bonchev–Trinajstić information content (AvgIpc) is 3.62. The lowest BCUT2D eigenvalue weighted by Crippen LogP contribution is -2.36. The molecule has 1 fully saturated rings. The fourth-order valence-electron chi connectivity index (χ4n) is 6.92. The summed E-state index contributed by atoms with van der Waals surface area (Å²) >= 11 is 0. The van der Waals surface area contributed by atoms with Gasteiger partial charge in [0.15, 0.2) is 18.1 Å². The molecule has 2 unspecified atom stereocenters. The molecule has 1 aliphatic heterocycles. The second-order valence-electron chi connectivity index (χ2n) is 17.3. The zero-order valence-electron chi connectivity index (χ0n) is 42.6. The first-order valence-corrected chi connectivity index (χ1v) is 28.5. The van der Waals surface area contributed by atoms with Gasteiger partial charge in [-0.2, -0.15) is 9.29 Å². The number of aliphatic hydroxyl groups excluding tert-OH is 2. The molecule has 19 nitrogen and oxygen atoms in total.